The minimum atomic E-state index is -0.390. The number of hydrogen-bond acceptors (Lipinski definition) is 0. The molecule has 0 aliphatic rings. The molecule has 0 nitrogen and oxygen atoms in total. The molecule has 0 heterocycles. The first kappa shape index (κ1) is 15.6. The third-order valence-corrected chi connectivity index (χ3v) is 3.73. The van der Waals surface area contributed by atoms with Gasteiger partial charge in [0.05, 0.1) is 0 Å². The molecule has 0 fully saturated rings. The zero-order valence-corrected chi connectivity index (χ0v) is 13.0. The van der Waals surface area contributed by atoms with E-state index >= 15 is 0 Å². The molecule has 0 spiro atoms. The fourth-order valence-corrected chi connectivity index (χ4v) is 3.35. The second-order valence-electron chi connectivity index (χ2n) is 6.24. The summed E-state index contributed by atoms with van der Waals surface area (Å²) in [7, 11) is 0. The molecule has 2 unspecified atom stereocenters. The average Bonchev–Trinajstić information content (AvgIpc) is 2.18. The van der Waals surface area contributed by atoms with E-state index in [1.54, 1.807) is 0 Å². The number of rotatable bonds is 4. The van der Waals surface area contributed by atoms with Crippen molar-refractivity contribution in [3.63, 3.8) is 0 Å². The Morgan fingerprint density at radius 1 is 1.22 bits per heavy atom. The molecular weight excluding hydrogens is 298 g/mol. The number of hydrogen-bond donors (Lipinski definition) is 0. The number of alkyl halides is 1. The molecule has 1 aromatic rings. The molecule has 0 amide bonds. The van der Waals surface area contributed by atoms with Gasteiger partial charge in [-0.25, -0.2) is 8.78 Å². The van der Waals surface area contributed by atoms with E-state index in [0.717, 1.165) is 18.9 Å². The van der Waals surface area contributed by atoms with Crippen molar-refractivity contribution >= 4 is 15.9 Å². The Hall–Kier alpha value is -0.440. The van der Waals surface area contributed by atoms with E-state index < -0.39 is 0 Å². The summed E-state index contributed by atoms with van der Waals surface area (Å²) in [6.07, 6.45) is 1.86. The van der Waals surface area contributed by atoms with Gasteiger partial charge < -0.3 is 0 Å². The highest BCUT2D eigenvalue weighted by Gasteiger charge is 2.20. The van der Waals surface area contributed by atoms with Crippen LogP contribution in [-0.2, 0) is 0 Å². The smallest absolute Gasteiger partial charge is 0.127 e. The fraction of sp³-hybridized carbons (Fsp3) is 0.600. The minimum Gasteiger partial charge on any atom is -0.207 e. The molecule has 2 atom stereocenters. The second-order valence-corrected chi connectivity index (χ2v) is 7.34. The van der Waals surface area contributed by atoms with Gasteiger partial charge >= 0.3 is 0 Å². The first-order valence-corrected chi connectivity index (χ1v) is 7.19. The molecule has 1 aromatic carbocycles. The van der Waals surface area contributed by atoms with Gasteiger partial charge in [0, 0.05) is 10.4 Å². The third-order valence-electron chi connectivity index (χ3n) is 2.87. The number of halogens is 3. The topological polar surface area (TPSA) is 0 Å². The molecule has 0 bridgehead atoms. The SMILES string of the molecule is CC(CC(Br)c1cc(F)ccc1F)CC(C)(C)C. The van der Waals surface area contributed by atoms with Crippen LogP contribution in [0.4, 0.5) is 8.78 Å². The molecule has 0 aliphatic carbocycles. The van der Waals surface area contributed by atoms with Crippen LogP contribution in [0.25, 0.3) is 0 Å². The minimum absolute atomic E-state index is 0.134. The van der Waals surface area contributed by atoms with E-state index in [2.05, 4.69) is 43.6 Å². The van der Waals surface area contributed by atoms with Crippen LogP contribution >= 0.6 is 15.9 Å². The van der Waals surface area contributed by atoms with Crippen LogP contribution in [0.1, 0.15) is 50.9 Å². The largest absolute Gasteiger partial charge is 0.207 e. The maximum atomic E-state index is 13.6. The van der Waals surface area contributed by atoms with E-state index in [9.17, 15) is 8.78 Å². The Balaban J connectivity index is 2.70. The zero-order chi connectivity index (χ0) is 13.9. The van der Waals surface area contributed by atoms with Gasteiger partial charge in [-0.2, -0.15) is 0 Å². The summed E-state index contributed by atoms with van der Waals surface area (Å²) in [4.78, 5) is -0.134. The van der Waals surface area contributed by atoms with Gasteiger partial charge in [0.2, 0.25) is 0 Å². The van der Waals surface area contributed by atoms with Gasteiger partial charge in [-0.05, 0) is 42.4 Å². The van der Waals surface area contributed by atoms with Gasteiger partial charge in [-0.15, -0.1) is 0 Å². The lowest BCUT2D eigenvalue weighted by Crippen LogP contribution is -2.12. The summed E-state index contributed by atoms with van der Waals surface area (Å²) in [5, 5.41) is 0. The van der Waals surface area contributed by atoms with Gasteiger partial charge in [0.1, 0.15) is 11.6 Å². The summed E-state index contributed by atoms with van der Waals surface area (Å²) in [6.45, 7) is 8.72. The van der Waals surface area contributed by atoms with Gasteiger partial charge in [0.25, 0.3) is 0 Å². The molecule has 0 saturated carbocycles. The van der Waals surface area contributed by atoms with E-state index in [-0.39, 0.29) is 21.9 Å². The normalized spacial score (nSPS) is 15.5. The van der Waals surface area contributed by atoms with Crippen molar-refractivity contribution in [3.8, 4) is 0 Å². The lowest BCUT2D eigenvalue weighted by atomic mass is 9.83. The summed E-state index contributed by atoms with van der Waals surface area (Å²) >= 11 is 3.47. The quantitative estimate of drug-likeness (QED) is 0.609. The molecule has 18 heavy (non-hydrogen) atoms. The average molecular weight is 319 g/mol. The highest BCUT2D eigenvalue weighted by Crippen LogP contribution is 2.36. The van der Waals surface area contributed by atoms with Crippen LogP contribution < -0.4 is 0 Å². The molecule has 0 saturated heterocycles. The van der Waals surface area contributed by atoms with Crippen molar-refractivity contribution in [1.29, 1.82) is 0 Å². The molecule has 0 aromatic heterocycles. The molecule has 3 heteroatoms. The van der Waals surface area contributed by atoms with Crippen molar-refractivity contribution in [3.05, 3.63) is 35.4 Å². The van der Waals surface area contributed by atoms with Gasteiger partial charge in [0.15, 0.2) is 0 Å². The van der Waals surface area contributed by atoms with Crippen molar-refractivity contribution < 1.29 is 8.78 Å². The van der Waals surface area contributed by atoms with Crippen LogP contribution in [0.15, 0.2) is 18.2 Å². The fourth-order valence-electron chi connectivity index (χ4n) is 2.36. The molecule has 1 rings (SSSR count). The first-order valence-electron chi connectivity index (χ1n) is 6.28. The Labute approximate surface area is 117 Å². The summed E-state index contributed by atoms with van der Waals surface area (Å²) in [5.41, 5.74) is 0.669. The second kappa shape index (κ2) is 6.14. The van der Waals surface area contributed by atoms with Crippen molar-refractivity contribution in [2.24, 2.45) is 11.3 Å². The van der Waals surface area contributed by atoms with Gasteiger partial charge in [-0.3, -0.25) is 0 Å². The molecular formula is C15H21BrF2. The van der Waals surface area contributed by atoms with Crippen LogP contribution in [0.5, 0.6) is 0 Å². The summed E-state index contributed by atoms with van der Waals surface area (Å²) in [6, 6.07) is 3.61. The van der Waals surface area contributed by atoms with E-state index in [0.29, 0.717) is 11.5 Å². The first-order chi connectivity index (χ1) is 8.19. The molecule has 102 valence electrons. The predicted octanol–water partition coefficient (Wildman–Crippen LogP) is 5.86. The zero-order valence-electron chi connectivity index (χ0n) is 11.4. The Bertz CT molecular complexity index is 396. The maximum Gasteiger partial charge on any atom is 0.127 e. The molecule has 0 N–H and O–H groups in total. The van der Waals surface area contributed by atoms with E-state index in [1.807, 2.05) is 0 Å². The lowest BCUT2D eigenvalue weighted by Gasteiger charge is -2.25. The summed E-state index contributed by atoms with van der Waals surface area (Å²) in [5.74, 6) is -0.280. The third kappa shape index (κ3) is 5.05. The van der Waals surface area contributed by atoms with Crippen LogP contribution in [0, 0.1) is 23.0 Å². The van der Waals surface area contributed by atoms with Gasteiger partial charge in [-0.1, -0.05) is 43.6 Å². The van der Waals surface area contributed by atoms with E-state index in [4.69, 9.17) is 0 Å². The maximum absolute atomic E-state index is 13.6. The van der Waals surface area contributed by atoms with E-state index in [1.165, 1.54) is 12.1 Å². The Morgan fingerprint density at radius 3 is 2.39 bits per heavy atom. The highest BCUT2D eigenvalue weighted by molar-refractivity contribution is 9.09. The van der Waals surface area contributed by atoms with Crippen molar-refractivity contribution in [2.75, 3.05) is 0 Å². The van der Waals surface area contributed by atoms with Crippen molar-refractivity contribution in [1.82, 2.24) is 0 Å². The Morgan fingerprint density at radius 2 is 1.83 bits per heavy atom. The van der Waals surface area contributed by atoms with Crippen LogP contribution in [0.3, 0.4) is 0 Å². The molecule has 0 aliphatic heterocycles. The number of benzene rings is 1. The Kier molecular flexibility index (Phi) is 5.32. The van der Waals surface area contributed by atoms with Crippen LogP contribution in [0.2, 0.25) is 0 Å². The van der Waals surface area contributed by atoms with Crippen molar-refractivity contribution in [2.45, 2.75) is 45.4 Å². The molecule has 0 radical (unpaired) electrons. The monoisotopic (exact) mass is 318 g/mol. The highest BCUT2D eigenvalue weighted by atomic mass is 79.9. The lowest BCUT2D eigenvalue weighted by molar-refractivity contribution is 0.296. The standard InChI is InChI=1S/C15H21BrF2/c1-10(9-15(2,3)4)7-13(16)12-8-11(17)5-6-14(12)18/h5-6,8,10,13H,7,9H2,1-4H3. The predicted molar refractivity (Wildman–Crippen MR) is 75.9 cm³/mol. The van der Waals surface area contributed by atoms with Crippen LogP contribution in [-0.4, -0.2) is 0 Å². The summed E-state index contributed by atoms with van der Waals surface area (Å²) < 4.78 is 26.7.